The summed E-state index contributed by atoms with van der Waals surface area (Å²) in [6.45, 7) is 2.05. The van der Waals surface area contributed by atoms with E-state index in [-0.39, 0.29) is 11.5 Å². The molecule has 1 aliphatic rings. The molecule has 1 unspecified atom stereocenters. The number of hydrogen-bond donors (Lipinski definition) is 1. The molecule has 2 aromatic rings. The van der Waals surface area contributed by atoms with Gasteiger partial charge in [-0.15, -0.1) is 0 Å². The van der Waals surface area contributed by atoms with E-state index in [1.165, 1.54) is 49.6 Å². The molecule has 168 valence electrons. The Labute approximate surface area is 193 Å². The standard InChI is InChI=1S/C26H27ClFNO3/c1-18(25(30)29-16-15-19-5-3-2-4-6-19)32-26(31)24(21-9-13-23(28)14-10-21)17-20-7-11-22(27)12-8-20/h5,7-14,17-18H,2-4,6,15-16H2,1H3,(H,29,30)/b24-17+. The van der Waals surface area contributed by atoms with Gasteiger partial charge < -0.3 is 10.1 Å². The van der Waals surface area contributed by atoms with Crippen molar-refractivity contribution < 1.29 is 18.7 Å². The van der Waals surface area contributed by atoms with Gasteiger partial charge in [0, 0.05) is 11.6 Å². The second-order valence-corrected chi connectivity index (χ2v) is 8.25. The van der Waals surface area contributed by atoms with Crippen molar-refractivity contribution in [2.24, 2.45) is 0 Å². The van der Waals surface area contributed by atoms with E-state index in [4.69, 9.17) is 16.3 Å². The minimum Gasteiger partial charge on any atom is -0.449 e. The molecule has 1 amide bonds. The van der Waals surface area contributed by atoms with Crippen LogP contribution in [0.4, 0.5) is 4.39 Å². The molecule has 1 N–H and O–H groups in total. The molecular weight excluding hydrogens is 429 g/mol. The highest BCUT2D eigenvalue weighted by atomic mass is 35.5. The average Bonchev–Trinajstić information content (AvgIpc) is 2.80. The SMILES string of the molecule is CC(OC(=O)/C(=C/c1ccc(Cl)cc1)c1ccc(F)cc1)C(=O)NCCC1=CCCCC1. The minimum atomic E-state index is -0.961. The largest absolute Gasteiger partial charge is 0.449 e. The number of hydrogen-bond acceptors (Lipinski definition) is 3. The van der Waals surface area contributed by atoms with Crippen LogP contribution in [-0.4, -0.2) is 24.5 Å². The lowest BCUT2D eigenvalue weighted by atomic mass is 9.97. The van der Waals surface area contributed by atoms with Crippen LogP contribution in [0.25, 0.3) is 11.6 Å². The van der Waals surface area contributed by atoms with Crippen LogP contribution >= 0.6 is 11.6 Å². The monoisotopic (exact) mass is 455 g/mol. The number of amides is 1. The van der Waals surface area contributed by atoms with Gasteiger partial charge in [0.1, 0.15) is 5.82 Å². The molecule has 0 aromatic heterocycles. The van der Waals surface area contributed by atoms with E-state index in [9.17, 15) is 14.0 Å². The Hall–Kier alpha value is -2.92. The van der Waals surface area contributed by atoms with Gasteiger partial charge in [-0.25, -0.2) is 9.18 Å². The van der Waals surface area contributed by atoms with Gasteiger partial charge in [-0.3, -0.25) is 4.79 Å². The fraction of sp³-hybridized carbons (Fsp3) is 0.308. The Kier molecular flexibility index (Phi) is 8.63. The van der Waals surface area contributed by atoms with Crippen molar-refractivity contribution in [2.45, 2.75) is 45.1 Å². The van der Waals surface area contributed by atoms with E-state index in [1.807, 2.05) is 0 Å². The van der Waals surface area contributed by atoms with E-state index in [0.29, 0.717) is 17.1 Å². The van der Waals surface area contributed by atoms with E-state index in [0.717, 1.165) is 24.8 Å². The molecule has 4 nitrogen and oxygen atoms in total. The second kappa shape index (κ2) is 11.6. The summed E-state index contributed by atoms with van der Waals surface area (Å²) in [5, 5.41) is 3.41. The highest BCUT2D eigenvalue weighted by molar-refractivity contribution is 6.30. The smallest absolute Gasteiger partial charge is 0.339 e. The summed E-state index contributed by atoms with van der Waals surface area (Å²) in [5.41, 5.74) is 2.80. The zero-order valence-electron chi connectivity index (χ0n) is 18.1. The van der Waals surface area contributed by atoms with Gasteiger partial charge >= 0.3 is 5.97 Å². The molecule has 32 heavy (non-hydrogen) atoms. The van der Waals surface area contributed by atoms with E-state index in [1.54, 1.807) is 30.3 Å². The first-order valence-electron chi connectivity index (χ1n) is 10.8. The molecule has 0 saturated carbocycles. The fourth-order valence-electron chi connectivity index (χ4n) is 3.51. The molecule has 6 heteroatoms. The highest BCUT2D eigenvalue weighted by Gasteiger charge is 2.21. The third-order valence-corrected chi connectivity index (χ3v) is 5.59. The first kappa shape index (κ1) is 23.7. The maximum atomic E-state index is 13.4. The summed E-state index contributed by atoms with van der Waals surface area (Å²) in [4.78, 5) is 25.4. The van der Waals surface area contributed by atoms with Crippen LogP contribution in [0.2, 0.25) is 5.02 Å². The zero-order valence-corrected chi connectivity index (χ0v) is 18.8. The number of carbonyl (C=O) groups is 2. The van der Waals surface area contributed by atoms with E-state index < -0.39 is 17.9 Å². The van der Waals surface area contributed by atoms with Gasteiger partial charge in [-0.2, -0.15) is 0 Å². The minimum absolute atomic E-state index is 0.222. The topological polar surface area (TPSA) is 55.4 Å². The van der Waals surface area contributed by atoms with E-state index in [2.05, 4.69) is 11.4 Å². The van der Waals surface area contributed by atoms with Crippen molar-refractivity contribution >= 4 is 35.1 Å². The lowest BCUT2D eigenvalue weighted by Crippen LogP contribution is -2.36. The Balaban J connectivity index is 1.67. The zero-order chi connectivity index (χ0) is 22.9. The van der Waals surface area contributed by atoms with Crippen LogP contribution < -0.4 is 5.32 Å². The highest BCUT2D eigenvalue weighted by Crippen LogP contribution is 2.23. The Morgan fingerprint density at radius 2 is 1.84 bits per heavy atom. The summed E-state index contributed by atoms with van der Waals surface area (Å²) in [7, 11) is 0. The van der Waals surface area contributed by atoms with Gasteiger partial charge in [-0.05, 0) is 80.5 Å². The average molecular weight is 456 g/mol. The molecular formula is C26H27ClFNO3. The van der Waals surface area contributed by atoms with Crippen LogP contribution in [-0.2, 0) is 14.3 Å². The van der Waals surface area contributed by atoms with Crippen LogP contribution in [0.15, 0.2) is 60.2 Å². The van der Waals surface area contributed by atoms with Crippen LogP contribution in [0.1, 0.15) is 50.2 Å². The maximum absolute atomic E-state index is 13.4. The molecule has 0 saturated heterocycles. The normalized spacial score (nSPS) is 15.0. The second-order valence-electron chi connectivity index (χ2n) is 7.81. The van der Waals surface area contributed by atoms with Gasteiger partial charge in [-0.1, -0.05) is 47.5 Å². The fourth-order valence-corrected chi connectivity index (χ4v) is 3.64. The Morgan fingerprint density at radius 1 is 1.12 bits per heavy atom. The number of esters is 1. The van der Waals surface area contributed by atoms with Gasteiger partial charge in [0.25, 0.3) is 5.91 Å². The number of halogens is 2. The first-order chi connectivity index (χ1) is 15.4. The van der Waals surface area contributed by atoms with Crippen molar-refractivity contribution in [1.29, 1.82) is 0 Å². The number of nitrogens with one attached hydrogen (secondary N) is 1. The lowest BCUT2D eigenvalue weighted by molar-refractivity contribution is -0.149. The molecule has 1 aliphatic carbocycles. The predicted molar refractivity (Wildman–Crippen MR) is 125 cm³/mol. The molecule has 3 rings (SSSR count). The quantitative estimate of drug-likeness (QED) is 0.231. The van der Waals surface area contributed by atoms with Crippen molar-refractivity contribution in [3.8, 4) is 0 Å². The van der Waals surface area contributed by atoms with Gasteiger partial charge in [0.2, 0.25) is 0 Å². The number of benzene rings is 2. The molecule has 0 fully saturated rings. The third-order valence-electron chi connectivity index (χ3n) is 5.34. The number of allylic oxidation sites excluding steroid dienone is 1. The molecule has 0 spiro atoms. The summed E-state index contributed by atoms with van der Waals surface area (Å²) >= 11 is 5.94. The number of carbonyl (C=O) groups excluding carboxylic acids is 2. The molecule has 0 radical (unpaired) electrons. The molecule has 0 bridgehead atoms. The molecule has 1 atom stereocenters. The number of ether oxygens (including phenoxy) is 1. The van der Waals surface area contributed by atoms with Crippen LogP contribution in [0.5, 0.6) is 0 Å². The first-order valence-corrected chi connectivity index (χ1v) is 11.2. The maximum Gasteiger partial charge on any atom is 0.339 e. The summed E-state index contributed by atoms with van der Waals surface area (Å²) < 4.78 is 18.8. The summed E-state index contributed by atoms with van der Waals surface area (Å²) in [6, 6.07) is 12.5. The molecule has 2 aromatic carbocycles. The number of rotatable bonds is 8. The lowest BCUT2D eigenvalue weighted by Gasteiger charge is -2.16. The summed E-state index contributed by atoms with van der Waals surface area (Å²) in [5.74, 6) is -1.42. The Morgan fingerprint density at radius 3 is 2.50 bits per heavy atom. The Bertz CT molecular complexity index is 997. The van der Waals surface area contributed by atoms with Crippen LogP contribution in [0.3, 0.4) is 0 Å². The van der Waals surface area contributed by atoms with E-state index >= 15 is 0 Å². The van der Waals surface area contributed by atoms with Crippen molar-refractivity contribution in [1.82, 2.24) is 5.32 Å². The van der Waals surface area contributed by atoms with Crippen molar-refractivity contribution in [2.75, 3.05) is 6.54 Å². The third kappa shape index (κ3) is 7.06. The van der Waals surface area contributed by atoms with Gasteiger partial charge in [0.05, 0.1) is 5.57 Å². The predicted octanol–water partition coefficient (Wildman–Crippen LogP) is 5.96. The molecule has 0 heterocycles. The summed E-state index contributed by atoms with van der Waals surface area (Å²) in [6.07, 6.45) is 8.32. The van der Waals surface area contributed by atoms with Crippen molar-refractivity contribution in [3.63, 3.8) is 0 Å². The van der Waals surface area contributed by atoms with Crippen molar-refractivity contribution in [3.05, 3.63) is 82.1 Å². The van der Waals surface area contributed by atoms with Gasteiger partial charge in [0.15, 0.2) is 6.10 Å². The molecule has 0 aliphatic heterocycles. The van der Waals surface area contributed by atoms with Crippen LogP contribution in [0, 0.1) is 5.82 Å².